The maximum absolute atomic E-state index is 8.30. The molecule has 131 valence electrons. The lowest BCUT2D eigenvalue weighted by atomic mass is 9.95. The summed E-state index contributed by atoms with van der Waals surface area (Å²) in [6, 6.07) is 26.4. The summed E-state index contributed by atoms with van der Waals surface area (Å²) < 4.78 is 4.76. The number of allylic oxidation sites excluding steroid dienone is 2. The minimum absolute atomic E-state index is 0.260. The molecule has 0 bridgehead atoms. The highest BCUT2D eigenvalue weighted by Gasteiger charge is 2.21. The zero-order valence-corrected chi connectivity index (χ0v) is 15.1. The quantitative estimate of drug-likeness (QED) is 0.619. The van der Waals surface area contributed by atoms with Crippen LogP contribution in [0.3, 0.4) is 0 Å². The lowest BCUT2D eigenvalue weighted by Gasteiger charge is -2.09. The van der Waals surface area contributed by atoms with Crippen LogP contribution in [0.25, 0.3) is 16.7 Å². The monoisotopic (exact) mass is 343 g/mol. The van der Waals surface area contributed by atoms with Crippen LogP contribution >= 0.6 is 0 Å². The van der Waals surface area contributed by atoms with E-state index in [9.17, 15) is 0 Å². The SMILES string of the molecule is CC1=C(c2ccccc2-c2ccccc2C)[CH]1.OCOc1ccccc1. The van der Waals surface area contributed by atoms with Crippen LogP contribution in [0.15, 0.2) is 84.4 Å². The summed E-state index contributed by atoms with van der Waals surface area (Å²) in [7, 11) is 0. The Hall–Kier alpha value is -2.84. The second-order valence-electron chi connectivity index (χ2n) is 6.19. The van der Waals surface area contributed by atoms with Crippen LogP contribution in [0.5, 0.6) is 5.75 Å². The maximum atomic E-state index is 8.30. The molecule has 0 aromatic heterocycles. The van der Waals surface area contributed by atoms with Gasteiger partial charge in [-0.05, 0) is 53.8 Å². The molecular weight excluding hydrogens is 320 g/mol. The van der Waals surface area contributed by atoms with Crippen LogP contribution in [-0.4, -0.2) is 11.9 Å². The topological polar surface area (TPSA) is 29.5 Å². The molecule has 1 aliphatic carbocycles. The molecule has 0 saturated heterocycles. The summed E-state index contributed by atoms with van der Waals surface area (Å²) in [5, 5.41) is 8.30. The predicted molar refractivity (Wildman–Crippen MR) is 108 cm³/mol. The van der Waals surface area contributed by atoms with Gasteiger partial charge >= 0.3 is 0 Å². The van der Waals surface area contributed by atoms with E-state index in [1.807, 2.05) is 18.2 Å². The summed E-state index contributed by atoms with van der Waals surface area (Å²) in [5.41, 5.74) is 8.19. The average Bonchev–Trinajstić information content (AvgIpc) is 3.40. The standard InChI is InChI=1S/C17H15.C7H8O2/c1-12-7-3-4-8-14(12)15-9-5-6-10-16(15)17-11-13(17)2;8-6-9-7-4-2-1-3-5-7/h3-11H,1-2H3;1-5,8H,6H2. The molecule has 1 aliphatic rings. The Morgan fingerprint density at radius 3 is 1.81 bits per heavy atom. The second-order valence-corrected chi connectivity index (χ2v) is 6.19. The summed E-state index contributed by atoms with van der Waals surface area (Å²) in [5.74, 6) is 0.694. The second kappa shape index (κ2) is 8.50. The van der Waals surface area contributed by atoms with Crippen LogP contribution in [0.1, 0.15) is 18.1 Å². The maximum Gasteiger partial charge on any atom is 0.186 e. The Balaban J connectivity index is 0.000000185. The number of para-hydroxylation sites is 1. The third-order valence-electron chi connectivity index (χ3n) is 4.33. The van der Waals surface area contributed by atoms with Crippen molar-refractivity contribution in [2.75, 3.05) is 6.79 Å². The molecule has 0 saturated carbocycles. The van der Waals surface area contributed by atoms with Crippen LogP contribution in [-0.2, 0) is 0 Å². The number of hydrogen-bond donors (Lipinski definition) is 1. The van der Waals surface area contributed by atoms with Crippen molar-refractivity contribution >= 4 is 5.57 Å². The van der Waals surface area contributed by atoms with E-state index >= 15 is 0 Å². The van der Waals surface area contributed by atoms with Crippen molar-refractivity contribution in [2.45, 2.75) is 13.8 Å². The van der Waals surface area contributed by atoms with E-state index in [1.165, 1.54) is 33.4 Å². The highest BCUT2D eigenvalue weighted by molar-refractivity contribution is 5.97. The summed E-state index contributed by atoms with van der Waals surface area (Å²) in [6.45, 7) is 4.08. The number of rotatable bonds is 4. The summed E-state index contributed by atoms with van der Waals surface area (Å²) in [4.78, 5) is 0. The van der Waals surface area contributed by atoms with Gasteiger partial charge in [0.15, 0.2) is 6.79 Å². The summed E-state index contributed by atoms with van der Waals surface area (Å²) >= 11 is 0. The fraction of sp³-hybridized carbons (Fsp3) is 0.125. The third-order valence-corrected chi connectivity index (χ3v) is 4.33. The molecule has 0 amide bonds. The molecule has 2 nitrogen and oxygen atoms in total. The Morgan fingerprint density at radius 2 is 1.23 bits per heavy atom. The molecule has 0 unspecified atom stereocenters. The van der Waals surface area contributed by atoms with Crippen molar-refractivity contribution in [3.8, 4) is 16.9 Å². The van der Waals surface area contributed by atoms with Gasteiger partial charge in [-0.1, -0.05) is 72.3 Å². The van der Waals surface area contributed by atoms with E-state index in [0.29, 0.717) is 5.75 Å². The molecule has 0 heterocycles. The average molecular weight is 343 g/mol. The van der Waals surface area contributed by atoms with Crippen LogP contribution < -0.4 is 4.74 Å². The minimum atomic E-state index is -0.260. The molecular formula is C24H23O2. The first kappa shape index (κ1) is 18.0. The number of ether oxygens (including phenoxy) is 1. The fourth-order valence-electron chi connectivity index (χ4n) is 2.89. The molecule has 4 rings (SSSR count). The number of aliphatic hydroxyl groups is 1. The van der Waals surface area contributed by atoms with Crippen LogP contribution in [0.2, 0.25) is 0 Å². The Kier molecular flexibility index (Phi) is 5.88. The van der Waals surface area contributed by atoms with Crippen LogP contribution in [0.4, 0.5) is 0 Å². The smallest absolute Gasteiger partial charge is 0.186 e. The van der Waals surface area contributed by atoms with Gasteiger partial charge in [-0.3, -0.25) is 0 Å². The van der Waals surface area contributed by atoms with Crippen molar-refractivity contribution in [3.05, 3.63) is 102 Å². The highest BCUT2D eigenvalue weighted by Crippen LogP contribution is 2.42. The zero-order chi connectivity index (χ0) is 18.4. The van der Waals surface area contributed by atoms with Gasteiger partial charge in [0.1, 0.15) is 5.75 Å². The third kappa shape index (κ3) is 4.41. The Bertz CT molecular complexity index is 895. The number of hydrogen-bond acceptors (Lipinski definition) is 2. The van der Waals surface area contributed by atoms with Gasteiger partial charge in [-0.25, -0.2) is 0 Å². The Morgan fingerprint density at radius 1 is 0.692 bits per heavy atom. The van der Waals surface area contributed by atoms with Crippen molar-refractivity contribution in [2.24, 2.45) is 0 Å². The van der Waals surface area contributed by atoms with Gasteiger partial charge in [0.05, 0.1) is 0 Å². The molecule has 0 atom stereocenters. The zero-order valence-electron chi connectivity index (χ0n) is 15.1. The normalized spacial score (nSPS) is 12.3. The lowest BCUT2D eigenvalue weighted by molar-refractivity contribution is 0.0985. The van der Waals surface area contributed by atoms with E-state index in [0.717, 1.165) is 0 Å². The highest BCUT2D eigenvalue weighted by atomic mass is 16.6. The first-order valence-electron chi connectivity index (χ1n) is 8.70. The molecule has 3 aromatic rings. The number of aliphatic hydroxyl groups excluding tert-OH is 1. The van der Waals surface area contributed by atoms with Gasteiger partial charge < -0.3 is 9.84 Å². The number of benzene rings is 3. The molecule has 3 aromatic carbocycles. The van der Waals surface area contributed by atoms with Crippen molar-refractivity contribution in [1.29, 1.82) is 0 Å². The van der Waals surface area contributed by atoms with Crippen molar-refractivity contribution < 1.29 is 9.84 Å². The van der Waals surface area contributed by atoms with Gasteiger partial charge in [0.25, 0.3) is 0 Å². The molecule has 1 N–H and O–H groups in total. The van der Waals surface area contributed by atoms with Gasteiger partial charge in [0, 0.05) is 6.42 Å². The van der Waals surface area contributed by atoms with E-state index in [2.05, 4.69) is 68.8 Å². The summed E-state index contributed by atoms with van der Waals surface area (Å²) in [6.07, 6.45) is 2.25. The largest absolute Gasteiger partial charge is 0.468 e. The van der Waals surface area contributed by atoms with Gasteiger partial charge in [0.2, 0.25) is 0 Å². The molecule has 26 heavy (non-hydrogen) atoms. The van der Waals surface area contributed by atoms with Crippen molar-refractivity contribution in [3.63, 3.8) is 0 Å². The fourth-order valence-corrected chi connectivity index (χ4v) is 2.89. The molecule has 0 aliphatic heterocycles. The van der Waals surface area contributed by atoms with E-state index in [-0.39, 0.29) is 6.79 Å². The molecule has 2 heteroatoms. The lowest BCUT2D eigenvalue weighted by Crippen LogP contribution is -1.93. The minimum Gasteiger partial charge on any atom is -0.468 e. The molecule has 0 fully saturated rings. The number of aryl methyl sites for hydroxylation is 1. The predicted octanol–water partition coefficient (Wildman–Crippen LogP) is 5.67. The first-order valence-corrected chi connectivity index (χ1v) is 8.70. The van der Waals surface area contributed by atoms with E-state index in [1.54, 1.807) is 12.1 Å². The van der Waals surface area contributed by atoms with Crippen molar-refractivity contribution in [1.82, 2.24) is 0 Å². The molecule has 0 spiro atoms. The first-order chi connectivity index (χ1) is 12.7. The van der Waals surface area contributed by atoms with E-state index in [4.69, 9.17) is 9.84 Å². The van der Waals surface area contributed by atoms with Gasteiger partial charge in [-0.2, -0.15) is 0 Å². The molecule has 1 radical (unpaired) electrons. The van der Waals surface area contributed by atoms with Gasteiger partial charge in [-0.15, -0.1) is 0 Å². The Labute approximate surface area is 155 Å². The van der Waals surface area contributed by atoms with Crippen LogP contribution in [0, 0.1) is 13.3 Å². The van der Waals surface area contributed by atoms with E-state index < -0.39 is 0 Å².